The van der Waals surface area contributed by atoms with Gasteiger partial charge < -0.3 is 15.5 Å². The fraction of sp³-hybridized carbons (Fsp3) is 0.417. The van der Waals surface area contributed by atoms with Gasteiger partial charge in [-0.3, -0.25) is 9.59 Å². The van der Waals surface area contributed by atoms with E-state index < -0.39 is 53.7 Å². The average Bonchev–Trinajstić information content (AvgIpc) is 3.48. The summed E-state index contributed by atoms with van der Waals surface area (Å²) < 4.78 is 72.0. The van der Waals surface area contributed by atoms with Crippen molar-refractivity contribution >= 4 is 41.7 Å². The third-order valence-corrected chi connectivity index (χ3v) is 9.78. The van der Waals surface area contributed by atoms with E-state index in [0.29, 0.717) is 6.42 Å². The van der Waals surface area contributed by atoms with Crippen LogP contribution in [0.15, 0.2) is 58.3 Å². The van der Waals surface area contributed by atoms with E-state index in [0.717, 1.165) is 72.2 Å². The minimum Gasteiger partial charge on any atom is -0.480 e. The molecule has 39 heavy (non-hydrogen) atoms. The largest absolute Gasteiger partial charge is 0.480 e. The predicted molar refractivity (Wildman–Crippen MR) is 138 cm³/mol. The molecule has 216 valence electrons. The van der Waals surface area contributed by atoms with Crippen molar-refractivity contribution in [2.45, 2.75) is 60.4 Å². The molecule has 3 N–H and O–H groups in total. The molecule has 2 heterocycles. The Morgan fingerprint density at radius 3 is 1.69 bits per heavy atom. The van der Waals surface area contributed by atoms with Crippen LogP contribution in [0.1, 0.15) is 39.5 Å². The number of benzene rings is 2. The van der Waals surface area contributed by atoms with Crippen molar-refractivity contribution in [1.82, 2.24) is 9.62 Å². The van der Waals surface area contributed by atoms with Gasteiger partial charge in [-0.05, 0) is 94.6 Å². The number of hydrogen-bond acceptors (Lipinski definition) is 7. The van der Waals surface area contributed by atoms with Gasteiger partial charge in [0, 0.05) is 17.2 Å². The van der Waals surface area contributed by atoms with E-state index in [4.69, 9.17) is 15.8 Å². The zero-order valence-electron chi connectivity index (χ0n) is 21.1. The van der Waals surface area contributed by atoms with E-state index in [1.807, 2.05) is 0 Å². The lowest BCUT2D eigenvalue weighted by Crippen LogP contribution is -2.50. The summed E-state index contributed by atoms with van der Waals surface area (Å²) in [5.74, 6) is -2.94. The first-order chi connectivity index (χ1) is 17.9. The number of carboxylic acid groups (broad SMARTS) is 2. The second kappa shape index (κ2) is 12.7. The summed E-state index contributed by atoms with van der Waals surface area (Å²) in [4.78, 5) is 21.6. The molecular formula is C24H29ClF2N2O8S2. The Kier molecular flexibility index (Phi) is 10.6. The van der Waals surface area contributed by atoms with Crippen molar-refractivity contribution in [2.24, 2.45) is 0 Å². The molecule has 4 rings (SSSR count). The molecule has 0 bridgehead atoms. The summed E-state index contributed by atoms with van der Waals surface area (Å²) in [5.41, 5.74) is -2.08. The van der Waals surface area contributed by atoms with Crippen LogP contribution in [0.25, 0.3) is 0 Å². The number of halogens is 3. The van der Waals surface area contributed by atoms with Crippen molar-refractivity contribution < 1.29 is 45.4 Å². The van der Waals surface area contributed by atoms with Crippen LogP contribution in [-0.2, 0) is 28.7 Å². The Morgan fingerprint density at radius 2 is 1.33 bits per heavy atom. The number of nitrogens with one attached hydrogen (secondary N) is 1. The van der Waals surface area contributed by atoms with Gasteiger partial charge in [-0.15, -0.1) is 0 Å². The van der Waals surface area contributed by atoms with Crippen molar-refractivity contribution in [1.29, 1.82) is 0 Å². The lowest BCUT2D eigenvalue weighted by molar-refractivity contribution is -0.146. The summed E-state index contributed by atoms with van der Waals surface area (Å²) in [7, 11) is -2.68. The van der Waals surface area contributed by atoms with Crippen molar-refractivity contribution in [3.8, 4) is 0 Å². The summed E-state index contributed by atoms with van der Waals surface area (Å²) in [6, 6.07) is 8.67. The highest BCUT2D eigenvalue weighted by atomic mass is 35.7. The second-order valence-corrected chi connectivity index (χ2v) is 13.7. The second-order valence-electron chi connectivity index (χ2n) is 9.27. The molecule has 10 nitrogen and oxygen atoms in total. The zero-order chi connectivity index (χ0) is 29.6. The summed E-state index contributed by atoms with van der Waals surface area (Å²) in [6.45, 7) is 4.11. The monoisotopic (exact) mass is 610 g/mol. The minimum absolute atomic E-state index is 0.0942. The third-order valence-electron chi connectivity index (χ3n) is 6.37. The molecule has 2 aliphatic heterocycles. The maximum atomic E-state index is 12.8. The zero-order valence-corrected chi connectivity index (χ0v) is 23.5. The van der Waals surface area contributed by atoms with E-state index >= 15 is 0 Å². The Bertz CT molecular complexity index is 1380. The predicted octanol–water partition coefficient (Wildman–Crippen LogP) is 3.42. The lowest BCUT2D eigenvalue weighted by atomic mass is 10.0. The molecule has 2 aromatic carbocycles. The van der Waals surface area contributed by atoms with Crippen LogP contribution in [0.4, 0.5) is 8.78 Å². The van der Waals surface area contributed by atoms with Gasteiger partial charge in [-0.1, -0.05) is 0 Å². The molecule has 0 unspecified atom stereocenters. The molecule has 15 heteroatoms. The van der Waals surface area contributed by atoms with Crippen molar-refractivity contribution in [3.63, 3.8) is 0 Å². The topological polar surface area (TPSA) is 158 Å². The highest BCUT2D eigenvalue weighted by Gasteiger charge is 2.49. The van der Waals surface area contributed by atoms with E-state index in [1.54, 1.807) is 6.92 Å². The fourth-order valence-corrected chi connectivity index (χ4v) is 6.52. The lowest BCUT2D eigenvalue weighted by Gasteiger charge is -2.30. The Balaban J connectivity index is 0.000000226. The minimum atomic E-state index is -3.92. The molecular weight excluding hydrogens is 582 g/mol. The average molecular weight is 611 g/mol. The molecule has 0 radical (unpaired) electrons. The smallest absolute Gasteiger partial charge is 0.324 e. The standard InChI is InChI=1S/C12H14FNO4S.C6H4ClFO2S.C6H11NO2/c1-12(11(15)16)7-2-8-14(12)19(17,18)10-5-3-9(13)4-6-10;7-11(9,10)6-3-1-5(8)2-4-6;1-6(5(8)9)3-2-4-7-6/h3-6H,2,7-8H2,1H3,(H,15,16);1-4H;7H,2-4H2,1H3,(H,8,9)/t12-;;6-/m0.0/s1. The molecule has 0 aromatic heterocycles. The molecule has 0 amide bonds. The van der Waals surface area contributed by atoms with Gasteiger partial charge in [0.1, 0.15) is 22.7 Å². The van der Waals surface area contributed by atoms with Crippen LogP contribution in [0.5, 0.6) is 0 Å². The summed E-state index contributed by atoms with van der Waals surface area (Å²) >= 11 is 0. The van der Waals surface area contributed by atoms with E-state index in [9.17, 15) is 40.3 Å². The number of sulfonamides is 1. The SMILES string of the molecule is C[C@@]1(C(=O)O)CCCN1.C[C@@]1(C(=O)O)CCCN1S(=O)(=O)c1ccc(F)cc1.O=S(=O)(Cl)c1ccc(F)cc1. The quantitative estimate of drug-likeness (QED) is 0.431. The van der Waals surface area contributed by atoms with Crippen LogP contribution in [0.3, 0.4) is 0 Å². The number of nitrogens with zero attached hydrogens (tertiary/aromatic N) is 1. The third kappa shape index (κ3) is 8.18. The van der Waals surface area contributed by atoms with Gasteiger partial charge in [0.25, 0.3) is 9.05 Å². The van der Waals surface area contributed by atoms with Crippen molar-refractivity contribution in [3.05, 3.63) is 60.2 Å². The number of hydrogen-bond donors (Lipinski definition) is 3. The van der Waals surface area contributed by atoms with Crippen LogP contribution < -0.4 is 5.32 Å². The Hall–Kier alpha value is -2.65. The fourth-order valence-electron chi connectivity index (χ4n) is 3.95. The number of rotatable bonds is 5. The van der Waals surface area contributed by atoms with Crippen LogP contribution in [0, 0.1) is 11.6 Å². The van der Waals surface area contributed by atoms with Crippen LogP contribution >= 0.6 is 10.7 Å². The number of aliphatic carboxylic acids is 2. The van der Waals surface area contributed by atoms with Gasteiger partial charge in [0.2, 0.25) is 10.0 Å². The van der Waals surface area contributed by atoms with Crippen LogP contribution in [-0.4, -0.2) is 67.5 Å². The van der Waals surface area contributed by atoms with Gasteiger partial charge in [0.15, 0.2) is 0 Å². The molecule has 2 saturated heterocycles. The Morgan fingerprint density at radius 1 is 0.846 bits per heavy atom. The van der Waals surface area contributed by atoms with Gasteiger partial charge in [-0.2, -0.15) is 4.31 Å². The van der Waals surface area contributed by atoms with Crippen molar-refractivity contribution in [2.75, 3.05) is 13.1 Å². The molecule has 0 saturated carbocycles. The molecule has 2 aromatic rings. The maximum Gasteiger partial charge on any atom is 0.324 e. The Labute approximate surface area is 230 Å². The number of carbonyl (C=O) groups is 2. The molecule has 2 fully saturated rings. The van der Waals surface area contributed by atoms with E-state index in [2.05, 4.69) is 5.32 Å². The van der Waals surface area contributed by atoms with E-state index in [-0.39, 0.29) is 22.8 Å². The summed E-state index contributed by atoms with van der Waals surface area (Å²) in [5, 5.41) is 20.8. The van der Waals surface area contributed by atoms with Gasteiger partial charge in [-0.25, -0.2) is 25.6 Å². The molecule has 0 aliphatic carbocycles. The molecule has 2 aliphatic rings. The van der Waals surface area contributed by atoms with Crippen LogP contribution in [0.2, 0.25) is 0 Å². The number of carboxylic acids is 2. The molecule has 2 atom stereocenters. The highest BCUT2D eigenvalue weighted by Crippen LogP contribution is 2.34. The van der Waals surface area contributed by atoms with E-state index in [1.165, 1.54) is 6.92 Å². The first kappa shape index (κ1) is 32.6. The summed E-state index contributed by atoms with van der Waals surface area (Å²) in [6.07, 6.45) is 2.48. The van der Waals surface area contributed by atoms with Gasteiger partial charge in [0.05, 0.1) is 9.79 Å². The molecule has 0 spiro atoms. The highest BCUT2D eigenvalue weighted by molar-refractivity contribution is 8.13. The first-order valence-corrected chi connectivity index (χ1v) is 15.4. The first-order valence-electron chi connectivity index (χ1n) is 11.6. The normalized spacial score (nSPS) is 23.2. The maximum absolute atomic E-state index is 12.8. The van der Waals surface area contributed by atoms with Gasteiger partial charge >= 0.3 is 11.9 Å².